The van der Waals surface area contributed by atoms with Gasteiger partial charge in [0.1, 0.15) is 24.1 Å². The number of anilines is 2. The summed E-state index contributed by atoms with van der Waals surface area (Å²) in [5.74, 6) is 1.43. The Balaban J connectivity index is 0.884. The summed E-state index contributed by atoms with van der Waals surface area (Å²) in [5, 5.41) is 25.9. The highest BCUT2D eigenvalue weighted by molar-refractivity contribution is 6.02. The number of likely N-dealkylation sites (tertiary alicyclic amines) is 1. The quantitative estimate of drug-likeness (QED) is 0.249. The number of nitrogens with zero attached hydrogens (tertiary/aromatic N) is 6. The van der Waals surface area contributed by atoms with Crippen LogP contribution in [0.4, 0.5) is 11.5 Å². The van der Waals surface area contributed by atoms with Gasteiger partial charge in [-0.25, -0.2) is 0 Å². The number of hydrogen-bond donors (Lipinski definition) is 3. The van der Waals surface area contributed by atoms with E-state index in [1.54, 1.807) is 12.1 Å². The molecule has 1 saturated carbocycles. The van der Waals surface area contributed by atoms with Gasteiger partial charge in [-0.1, -0.05) is 24.3 Å². The first-order valence-corrected chi connectivity index (χ1v) is 17.5. The van der Waals surface area contributed by atoms with Crippen LogP contribution in [0, 0.1) is 0 Å². The molecule has 0 spiro atoms. The molecule has 12 heteroatoms. The number of nitrogen functional groups attached to an aromatic ring is 1. The molecule has 4 aromatic rings. The van der Waals surface area contributed by atoms with E-state index in [0.717, 1.165) is 74.2 Å². The molecule has 49 heavy (non-hydrogen) atoms. The molecule has 12 nitrogen and oxygen atoms in total. The van der Waals surface area contributed by atoms with Crippen molar-refractivity contribution in [3.63, 3.8) is 0 Å². The Morgan fingerprint density at radius 2 is 1.69 bits per heavy atom. The standard InChI is InChI=1S/C37H42N8O4/c38-36-29(20-30(41-42-36)28-4-1-2-7-33(28)46)24-21-39-45(22-24)26-14-16-43(17-15-26)25-10-8-23(9-11-25)27-5-3-6-31-35(27)49-19-18-44(31)32-12-13-34(47)40-37(32)48/h1-7,20-23,25-26,32,46H,8-19H2,(H2,38,42)(H,40,47,48)/t23-,25+,32?. The van der Waals surface area contributed by atoms with E-state index in [0.29, 0.717) is 61.1 Å². The third-order valence-electron chi connectivity index (χ3n) is 10.9. The summed E-state index contributed by atoms with van der Waals surface area (Å²) in [6.45, 7) is 3.25. The Morgan fingerprint density at radius 1 is 0.878 bits per heavy atom. The number of ether oxygens (including phenoxy) is 1. The summed E-state index contributed by atoms with van der Waals surface area (Å²) in [7, 11) is 0. The summed E-state index contributed by atoms with van der Waals surface area (Å²) in [4.78, 5) is 29.2. The number of fused-ring (bicyclic) bond motifs is 1. The molecule has 2 aromatic heterocycles. The lowest BCUT2D eigenvalue weighted by Crippen LogP contribution is -2.54. The molecular formula is C37H42N8O4. The van der Waals surface area contributed by atoms with Crippen molar-refractivity contribution in [3.05, 3.63) is 66.5 Å². The van der Waals surface area contributed by atoms with Crippen molar-refractivity contribution in [1.82, 2.24) is 30.2 Å². The fraction of sp³-hybridized carbons (Fsp3) is 0.432. The van der Waals surface area contributed by atoms with Crippen LogP contribution in [0.25, 0.3) is 22.4 Å². The molecule has 2 aromatic carbocycles. The fourth-order valence-electron chi connectivity index (χ4n) is 8.32. The van der Waals surface area contributed by atoms with Crippen molar-refractivity contribution in [2.45, 2.75) is 75.4 Å². The van der Waals surface area contributed by atoms with E-state index in [9.17, 15) is 14.7 Å². The molecule has 2 saturated heterocycles. The number of carbonyl (C=O) groups excluding carboxylic acids is 2. The minimum Gasteiger partial charge on any atom is -0.507 e. The summed E-state index contributed by atoms with van der Waals surface area (Å²) < 4.78 is 8.34. The van der Waals surface area contributed by atoms with Crippen molar-refractivity contribution in [3.8, 4) is 33.9 Å². The first-order valence-electron chi connectivity index (χ1n) is 17.5. The van der Waals surface area contributed by atoms with E-state index in [4.69, 9.17) is 15.6 Å². The zero-order chi connectivity index (χ0) is 33.5. The Morgan fingerprint density at radius 3 is 2.49 bits per heavy atom. The Kier molecular flexibility index (Phi) is 8.40. The minimum atomic E-state index is -0.337. The summed E-state index contributed by atoms with van der Waals surface area (Å²) in [5.41, 5.74) is 11.3. The molecule has 3 aliphatic heterocycles. The van der Waals surface area contributed by atoms with Crippen LogP contribution in [0.15, 0.2) is 60.9 Å². The van der Waals surface area contributed by atoms with Gasteiger partial charge in [0, 0.05) is 48.4 Å². The van der Waals surface area contributed by atoms with E-state index in [2.05, 4.69) is 54.4 Å². The average molecular weight is 663 g/mol. The van der Waals surface area contributed by atoms with Crippen molar-refractivity contribution >= 4 is 23.3 Å². The predicted octanol–water partition coefficient (Wildman–Crippen LogP) is 4.66. The van der Waals surface area contributed by atoms with Gasteiger partial charge in [-0.2, -0.15) is 5.10 Å². The number of phenols is 1. The van der Waals surface area contributed by atoms with Crippen molar-refractivity contribution in [2.75, 3.05) is 36.9 Å². The molecule has 1 aliphatic carbocycles. The molecule has 2 amide bonds. The summed E-state index contributed by atoms with van der Waals surface area (Å²) in [6.07, 6.45) is 11.4. The molecule has 1 atom stereocenters. The van der Waals surface area contributed by atoms with Crippen LogP contribution < -0.4 is 20.7 Å². The van der Waals surface area contributed by atoms with Gasteiger partial charge < -0.3 is 25.4 Å². The minimum absolute atomic E-state index is 0.148. The molecule has 8 rings (SSSR count). The van der Waals surface area contributed by atoms with Crippen LogP contribution in [0.2, 0.25) is 0 Å². The second kappa shape index (κ2) is 13.1. The lowest BCUT2D eigenvalue weighted by Gasteiger charge is -2.42. The highest BCUT2D eigenvalue weighted by Crippen LogP contribution is 2.45. The highest BCUT2D eigenvalue weighted by Gasteiger charge is 2.37. The number of hydrogen-bond acceptors (Lipinski definition) is 10. The number of nitrogens with two attached hydrogens (primary N) is 1. The number of nitrogens with one attached hydrogen (secondary N) is 1. The van der Waals surface area contributed by atoms with Crippen LogP contribution in [-0.4, -0.2) is 80.1 Å². The van der Waals surface area contributed by atoms with Crippen LogP contribution in [0.1, 0.15) is 68.9 Å². The van der Waals surface area contributed by atoms with Crippen LogP contribution in [-0.2, 0) is 9.59 Å². The average Bonchev–Trinajstić information content (AvgIpc) is 3.62. The zero-order valence-corrected chi connectivity index (χ0v) is 27.5. The second-order valence-corrected chi connectivity index (χ2v) is 13.7. The van der Waals surface area contributed by atoms with Crippen LogP contribution in [0.3, 0.4) is 0 Å². The number of para-hydroxylation sites is 2. The number of piperidine rings is 2. The lowest BCUT2D eigenvalue weighted by atomic mass is 9.80. The topological polar surface area (TPSA) is 152 Å². The highest BCUT2D eigenvalue weighted by atomic mass is 16.5. The normalized spacial score (nSPS) is 23.5. The Hall–Kier alpha value is -4.97. The van der Waals surface area contributed by atoms with Gasteiger partial charge in [-0.15, -0.1) is 10.2 Å². The van der Waals surface area contributed by atoms with Gasteiger partial charge >= 0.3 is 0 Å². The van der Waals surface area contributed by atoms with Crippen molar-refractivity contribution in [2.24, 2.45) is 0 Å². The fourth-order valence-corrected chi connectivity index (χ4v) is 8.32. The number of imide groups is 1. The number of phenolic OH excluding ortho intramolecular Hbond substituents is 1. The largest absolute Gasteiger partial charge is 0.507 e. The lowest BCUT2D eigenvalue weighted by molar-refractivity contribution is -0.134. The molecule has 0 bridgehead atoms. The number of carbonyl (C=O) groups is 2. The van der Waals surface area contributed by atoms with Crippen LogP contribution >= 0.6 is 0 Å². The smallest absolute Gasteiger partial charge is 0.249 e. The SMILES string of the molecule is Nc1nnc(-c2ccccc2O)cc1-c1cnn(C2CCN([C@H]3CC[C@@H](c4cccc5c4OCCN5C4CCC(=O)NC4=O)CC3)CC2)c1. The molecular weight excluding hydrogens is 620 g/mol. The maximum absolute atomic E-state index is 12.7. The van der Waals surface area contributed by atoms with Crippen molar-refractivity contribution in [1.29, 1.82) is 0 Å². The van der Waals surface area contributed by atoms with Crippen LogP contribution in [0.5, 0.6) is 11.5 Å². The molecule has 5 heterocycles. The monoisotopic (exact) mass is 662 g/mol. The molecule has 4 aliphatic rings. The predicted molar refractivity (Wildman–Crippen MR) is 185 cm³/mol. The molecule has 1 unspecified atom stereocenters. The maximum Gasteiger partial charge on any atom is 0.249 e. The third-order valence-corrected chi connectivity index (χ3v) is 10.9. The molecule has 3 fully saturated rings. The molecule has 254 valence electrons. The summed E-state index contributed by atoms with van der Waals surface area (Å²) >= 11 is 0. The van der Waals surface area contributed by atoms with Gasteiger partial charge in [0.25, 0.3) is 0 Å². The first kappa shape index (κ1) is 31.3. The van der Waals surface area contributed by atoms with Gasteiger partial charge in [-0.05, 0) is 80.7 Å². The van der Waals surface area contributed by atoms with Gasteiger partial charge in [0.15, 0.2) is 5.82 Å². The van der Waals surface area contributed by atoms with E-state index < -0.39 is 0 Å². The van der Waals surface area contributed by atoms with Gasteiger partial charge in [0.2, 0.25) is 11.8 Å². The van der Waals surface area contributed by atoms with Crippen molar-refractivity contribution < 1.29 is 19.4 Å². The van der Waals surface area contributed by atoms with Gasteiger partial charge in [0.05, 0.1) is 30.2 Å². The molecule has 0 radical (unpaired) electrons. The Bertz CT molecular complexity index is 1860. The number of rotatable bonds is 6. The first-order chi connectivity index (χ1) is 23.9. The maximum atomic E-state index is 12.7. The summed E-state index contributed by atoms with van der Waals surface area (Å²) in [6, 6.07) is 15.8. The van der Waals surface area contributed by atoms with Gasteiger partial charge in [-0.3, -0.25) is 19.6 Å². The Labute approximate surface area is 285 Å². The van der Waals surface area contributed by atoms with E-state index in [1.807, 2.05) is 24.4 Å². The van der Waals surface area contributed by atoms with E-state index in [-0.39, 0.29) is 23.6 Å². The molecule has 4 N–H and O–H groups in total. The second-order valence-electron chi connectivity index (χ2n) is 13.7. The third kappa shape index (κ3) is 6.09. The van der Waals surface area contributed by atoms with E-state index in [1.165, 1.54) is 5.56 Å². The zero-order valence-electron chi connectivity index (χ0n) is 27.5. The number of aromatic hydroxyl groups is 1. The number of amides is 2. The number of aromatic nitrogens is 4. The number of benzene rings is 2. The van der Waals surface area contributed by atoms with E-state index >= 15 is 0 Å².